The van der Waals surface area contributed by atoms with Gasteiger partial charge in [-0.25, -0.2) is 0 Å². The third-order valence-electron chi connectivity index (χ3n) is 6.46. The van der Waals surface area contributed by atoms with Crippen LogP contribution in [-0.2, 0) is 39.9 Å². The summed E-state index contributed by atoms with van der Waals surface area (Å²) in [5.74, 6) is -1.43. The summed E-state index contributed by atoms with van der Waals surface area (Å²) in [6.45, 7) is 1.53. The smallest absolute Gasteiger partial charge is 0.233 e. The summed E-state index contributed by atoms with van der Waals surface area (Å²) in [6.07, 6.45) is 7.73. The van der Waals surface area contributed by atoms with Gasteiger partial charge in [0.15, 0.2) is 0 Å². The van der Waals surface area contributed by atoms with Gasteiger partial charge in [0.05, 0.1) is 12.5 Å². The highest BCUT2D eigenvalue weighted by molar-refractivity contribution is 6.04. The van der Waals surface area contributed by atoms with E-state index in [1.165, 1.54) is 0 Å². The van der Waals surface area contributed by atoms with Crippen LogP contribution in [0.25, 0.3) is 0 Å². The molecule has 0 radical (unpaired) electrons. The van der Waals surface area contributed by atoms with Gasteiger partial charge in [-0.3, -0.25) is 24.0 Å². The lowest BCUT2D eigenvalue weighted by Gasteiger charge is -2.19. The number of hydrogen-bond donors (Lipinski definition) is 3. The molecule has 1 unspecified atom stereocenters. The number of carbonyl (C=O) groups is 6. The molecule has 0 spiro atoms. The second kappa shape index (κ2) is 18.8. The summed E-state index contributed by atoms with van der Waals surface area (Å²) in [5, 5.41) is 8.11. The molecule has 1 aromatic carbocycles. The van der Waals surface area contributed by atoms with Crippen LogP contribution in [0.3, 0.4) is 0 Å². The first-order valence-electron chi connectivity index (χ1n) is 13.9. The second-order valence-electron chi connectivity index (χ2n) is 9.76. The number of anilines is 1. The van der Waals surface area contributed by atoms with Gasteiger partial charge in [0.2, 0.25) is 17.7 Å². The number of aldehydes is 1. The minimum atomic E-state index is -0.491. The average molecular weight is 544 g/mol. The van der Waals surface area contributed by atoms with Crippen LogP contribution in [-0.4, -0.2) is 61.9 Å². The van der Waals surface area contributed by atoms with Gasteiger partial charge in [0.25, 0.3) is 0 Å². The highest BCUT2D eigenvalue weighted by Gasteiger charge is 2.28. The Kier molecular flexibility index (Phi) is 15.3. The summed E-state index contributed by atoms with van der Waals surface area (Å²) in [6, 6.07) is 6.82. The van der Waals surface area contributed by atoms with E-state index in [4.69, 9.17) is 4.74 Å². The average Bonchev–Trinajstić information content (AvgIpc) is 2.91. The van der Waals surface area contributed by atoms with E-state index in [1.54, 1.807) is 24.3 Å². The van der Waals surface area contributed by atoms with Crippen LogP contribution >= 0.6 is 0 Å². The Labute approximate surface area is 230 Å². The lowest BCUT2D eigenvalue weighted by molar-refractivity contribution is -0.134. The van der Waals surface area contributed by atoms with E-state index in [2.05, 4.69) is 16.0 Å². The first-order chi connectivity index (χ1) is 18.9. The summed E-state index contributed by atoms with van der Waals surface area (Å²) >= 11 is 0. The Morgan fingerprint density at radius 2 is 1.64 bits per heavy atom. The molecule has 1 aromatic rings. The normalized spacial score (nSPS) is 14.9. The van der Waals surface area contributed by atoms with Gasteiger partial charge in [-0.2, -0.15) is 0 Å². The zero-order valence-electron chi connectivity index (χ0n) is 22.6. The van der Waals surface area contributed by atoms with Gasteiger partial charge in [-0.1, -0.05) is 25.0 Å². The number of ketones is 2. The van der Waals surface area contributed by atoms with Crippen LogP contribution in [0.15, 0.2) is 24.3 Å². The van der Waals surface area contributed by atoms with Crippen LogP contribution in [0, 0.1) is 5.92 Å². The molecule has 2 rings (SSSR count). The first kappa shape index (κ1) is 31.8. The molecule has 1 aliphatic carbocycles. The summed E-state index contributed by atoms with van der Waals surface area (Å²) in [4.78, 5) is 70.5. The quantitative estimate of drug-likeness (QED) is 0.138. The van der Waals surface area contributed by atoms with Gasteiger partial charge >= 0.3 is 0 Å². The van der Waals surface area contributed by atoms with Gasteiger partial charge in [-0.05, 0) is 49.8 Å². The van der Waals surface area contributed by atoms with Crippen molar-refractivity contribution in [3.05, 3.63) is 29.8 Å². The second-order valence-corrected chi connectivity index (χ2v) is 9.76. The summed E-state index contributed by atoms with van der Waals surface area (Å²) in [5.41, 5.74) is 1.29. The molecule has 39 heavy (non-hydrogen) atoms. The van der Waals surface area contributed by atoms with Crippen molar-refractivity contribution in [2.75, 3.05) is 31.6 Å². The predicted molar refractivity (Wildman–Crippen MR) is 146 cm³/mol. The Bertz CT molecular complexity index is 962. The van der Waals surface area contributed by atoms with Crippen LogP contribution in [0.5, 0.6) is 0 Å². The number of nitrogens with one attached hydrogen (secondary N) is 3. The maximum absolute atomic E-state index is 12.5. The Hall–Kier alpha value is -3.40. The van der Waals surface area contributed by atoms with Crippen molar-refractivity contribution in [2.45, 2.75) is 77.0 Å². The lowest BCUT2D eigenvalue weighted by Crippen LogP contribution is -2.31. The van der Waals surface area contributed by atoms with Gasteiger partial charge < -0.3 is 25.5 Å². The molecule has 3 N–H and O–H groups in total. The third kappa shape index (κ3) is 13.8. The SMILES string of the molecule is O=CCCCCCNC(=O)CCCOCCNC(=O)CC(=O)Nc1ccc(CC(=O)C2CCCCC2=O)cc1. The Balaban J connectivity index is 1.51. The van der Waals surface area contributed by atoms with E-state index >= 15 is 0 Å². The number of Topliss-reactive ketones (excluding diaryl/α,β-unsaturated/α-hetero) is 2. The topological polar surface area (TPSA) is 148 Å². The zero-order chi connectivity index (χ0) is 28.3. The fourth-order valence-electron chi connectivity index (χ4n) is 4.31. The molecule has 0 bridgehead atoms. The van der Waals surface area contributed by atoms with Crippen LogP contribution < -0.4 is 16.0 Å². The number of rotatable bonds is 19. The largest absolute Gasteiger partial charge is 0.380 e. The molecule has 10 nitrogen and oxygen atoms in total. The Morgan fingerprint density at radius 3 is 2.38 bits per heavy atom. The molecular formula is C29H41N3O7. The van der Waals surface area contributed by atoms with E-state index in [1.807, 2.05) is 0 Å². The fourth-order valence-corrected chi connectivity index (χ4v) is 4.31. The van der Waals surface area contributed by atoms with E-state index in [9.17, 15) is 28.8 Å². The molecule has 1 atom stereocenters. The minimum absolute atomic E-state index is 0.0348. The van der Waals surface area contributed by atoms with Gasteiger partial charge in [0.1, 0.15) is 24.3 Å². The van der Waals surface area contributed by atoms with Crippen LogP contribution in [0.1, 0.15) is 76.2 Å². The Morgan fingerprint density at radius 1 is 0.872 bits per heavy atom. The fraction of sp³-hybridized carbons (Fsp3) is 0.586. The van der Waals surface area contributed by atoms with Gasteiger partial charge in [0, 0.05) is 51.1 Å². The molecule has 0 aromatic heterocycles. The predicted octanol–water partition coefficient (Wildman–Crippen LogP) is 2.67. The molecule has 0 aliphatic heterocycles. The minimum Gasteiger partial charge on any atom is -0.380 e. The number of amides is 3. The first-order valence-corrected chi connectivity index (χ1v) is 13.9. The maximum Gasteiger partial charge on any atom is 0.233 e. The molecule has 3 amide bonds. The lowest BCUT2D eigenvalue weighted by atomic mass is 9.83. The van der Waals surface area contributed by atoms with E-state index < -0.39 is 17.7 Å². The molecule has 0 heterocycles. The van der Waals surface area contributed by atoms with Crippen molar-refractivity contribution >= 4 is 41.3 Å². The van der Waals surface area contributed by atoms with Crippen molar-refractivity contribution in [1.82, 2.24) is 10.6 Å². The molecule has 214 valence electrons. The molecular weight excluding hydrogens is 502 g/mol. The number of hydrogen-bond acceptors (Lipinski definition) is 7. The molecule has 0 saturated heterocycles. The van der Waals surface area contributed by atoms with Crippen molar-refractivity contribution in [3.63, 3.8) is 0 Å². The molecule has 10 heteroatoms. The highest BCUT2D eigenvalue weighted by atomic mass is 16.5. The van der Waals surface area contributed by atoms with Gasteiger partial charge in [-0.15, -0.1) is 0 Å². The standard InChI is InChI=1S/C29H41N3O7/c33-17-6-2-1-5-15-30-27(36)10-7-18-39-19-16-31-28(37)21-29(38)32-23-13-11-22(12-14-23)20-26(35)24-8-3-4-9-25(24)34/h11-14,17,24H,1-10,15-16,18-21H2,(H,30,36)(H,31,37)(H,32,38). The molecule has 1 saturated carbocycles. The van der Waals surface area contributed by atoms with Crippen molar-refractivity contribution in [2.24, 2.45) is 5.92 Å². The monoisotopic (exact) mass is 543 g/mol. The van der Waals surface area contributed by atoms with E-state index in [0.717, 1.165) is 44.0 Å². The molecule has 1 fully saturated rings. The van der Waals surface area contributed by atoms with Crippen LogP contribution in [0.4, 0.5) is 5.69 Å². The highest BCUT2D eigenvalue weighted by Crippen LogP contribution is 2.23. The van der Waals surface area contributed by atoms with Crippen molar-refractivity contribution < 1.29 is 33.5 Å². The zero-order valence-corrected chi connectivity index (χ0v) is 22.6. The number of ether oxygens (including phenoxy) is 1. The maximum atomic E-state index is 12.5. The van der Waals surface area contributed by atoms with Crippen molar-refractivity contribution in [3.8, 4) is 0 Å². The number of carbonyl (C=O) groups excluding carboxylic acids is 6. The summed E-state index contributed by atoms with van der Waals surface area (Å²) < 4.78 is 5.42. The van der Waals surface area contributed by atoms with E-state index in [0.29, 0.717) is 50.9 Å². The van der Waals surface area contributed by atoms with Crippen LogP contribution in [0.2, 0.25) is 0 Å². The third-order valence-corrected chi connectivity index (χ3v) is 6.46. The van der Waals surface area contributed by atoms with Crippen molar-refractivity contribution in [1.29, 1.82) is 0 Å². The molecule has 1 aliphatic rings. The van der Waals surface area contributed by atoms with E-state index in [-0.39, 0.29) is 43.5 Å². The summed E-state index contributed by atoms with van der Waals surface area (Å²) in [7, 11) is 0. The number of unbranched alkanes of at least 4 members (excludes halogenated alkanes) is 3. The number of benzene rings is 1.